The van der Waals surface area contributed by atoms with Gasteiger partial charge >= 0.3 is 0 Å². The number of hydrogen-bond donors (Lipinski definition) is 1. The lowest BCUT2D eigenvalue weighted by molar-refractivity contribution is 0.0946. The molecule has 122 valence electrons. The van der Waals surface area contributed by atoms with Crippen molar-refractivity contribution in [2.45, 2.75) is 6.92 Å². The summed E-state index contributed by atoms with van der Waals surface area (Å²) in [5, 5.41) is 2.91. The van der Waals surface area contributed by atoms with Crippen molar-refractivity contribution in [3.8, 4) is 0 Å². The monoisotopic (exact) mass is 305 g/mol. The third-order valence-electron chi connectivity index (χ3n) is 4.01. The highest BCUT2D eigenvalue weighted by Crippen LogP contribution is 2.16. The van der Waals surface area contributed by atoms with Crippen LogP contribution in [0.25, 0.3) is 0 Å². The zero-order valence-electron chi connectivity index (χ0n) is 13.9. The van der Waals surface area contributed by atoms with Crippen LogP contribution in [0.1, 0.15) is 17.4 Å². The Hall–Kier alpha value is -1.66. The molecule has 1 N–H and O–H groups in total. The molecule has 0 spiro atoms. The molecule has 6 heteroatoms. The third kappa shape index (κ3) is 4.68. The van der Waals surface area contributed by atoms with Crippen molar-refractivity contribution in [3.63, 3.8) is 0 Å². The van der Waals surface area contributed by atoms with Gasteiger partial charge in [-0.15, -0.1) is 0 Å². The molecule has 1 amide bonds. The number of rotatable bonds is 6. The summed E-state index contributed by atoms with van der Waals surface area (Å²) in [5.74, 6) is -0.101. The minimum atomic E-state index is -0.101. The van der Waals surface area contributed by atoms with Crippen LogP contribution in [0, 0.1) is 0 Å². The molecule has 0 radical (unpaired) electrons. The van der Waals surface area contributed by atoms with E-state index in [0.717, 1.165) is 45.0 Å². The average Bonchev–Trinajstić information content (AvgIpc) is 2.54. The molecule has 1 saturated heterocycles. The van der Waals surface area contributed by atoms with E-state index >= 15 is 0 Å². The largest absolute Gasteiger partial charge is 0.369 e. The van der Waals surface area contributed by atoms with Crippen LogP contribution in [-0.2, 0) is 0 Å². The Morgan fingerprint density at radius 1 is 1.32 bits per heavy atom. The Labute approximate surface area is 133 Å². The molecule has 0 aliphatic carbocycles. The summed E-state index contributed by atoms with van der Waals surface area (Å²) in [5.41, 5.74) is 1.58. The molecule has 2 heterocycles. The van der Waals surface area contributed by atoms with Crippen LogP contribution in [0.3, 0.4) is 0 Å². The minimum Gasteiger partial charge on any atom is -0.369 e. The number of likely N-dealkylation sites (N-methyl/N-ethyl adjacent to an activating group) is 2. The van der Waals surface area contributed by atoms with E-state index < -0.39 is 0 Å². The lowest BCUT2D eigenvalue weighted by Crippen LogP contribution is -2.46. The number of pyridine rings is 1. The Balaban J connectivity index is 1.93. The van der Waals surface area contributed by atoms with Crippen molar-refractivity contribution in [2.24, 2.45) is 0 Å². The molecule has 6 nitrogen and oxygen atoms in total. The highest BCUT2D eigenvalue weighted by molar-refractivity contribution is 5.93. The van der Waals surface area contributed by atoms with Crippen molar-refractivity contribution in [1.29, 1.82) is 0 Å². The van der Waals surface area contributed by atoms with Crippen molar-refractivity contribution in [1.82, 2.24) is 20.1 Å². The minimum absolute atomic E-state index is 0.101. The van der Waals surface area contributed by atoms with Crippen LogP contribution in [0.15, 0.2) is 18.3 Å². The first-order valence-electron chi connectivity index (χ1n) is 7.96. The fraction of sp³-hybridized carbons (Fsp3) is 0.625. The van der Waals surface area contributed by atoms with E-state index in [1.165, 1.54) is 0 Å². The number of aromatic nitrogens is 1. The molecule has 1 aliphatic heterocycles. The van der Waals surface area contributed by atoms with Crippen LogP contribution in [0.4, 0.5) is 5.69 Å². The maximum atomic E-state index is 12.1. The van der Waals surface area contributed by atoms with E-state index in [2.05, 4.69) is 27.0 Å². The van der Waals surface area contributed by atoms with Gasteiger partial charge in [0.1, 0.15) is 5.69 Å². The maximum Gasteiger partial charge on any atom is 0.269 e. The standard InChI is InChI=1S/C16H27N5O/c1-4-20-9-11-21(12-10-20)14-5-6-17-15(13-14)16(22)18-7-8-19(2)3/h5-6,13H,4,7-12H2,1-3H3,(H,18,22). The fourth-order valence-electron chi connectivity index (χ4n) is 2.55. The topological polar surface area (TPSA) is 51.7 Å². The summed E-state index contributed by atoms with van der Waals surface area (Å²) in [6.07, 6.45) is 1.72. The van der Waals surface area contributed by atoms with Crippen LogP contribution in [-0.4, -0.2) is 80.6 Å². The first kappa shape index (κ1) is 16.7. The molecule has 0 saturated carbocycles. The van der Waals surface area contributed by atoms with E-state index in [4.69, 9.17) is 0 Å². The molecule has 1 aromatic heterocycles. The Kier molecular flexibility index (Phi) is 6.15. The fourth-order valence-corrected chi connectivity index (χ4v) is 2.55. The summed E-state index contributed by atoms with van der Waals surface area (Å²) in [4.78, 5) is 23.1. The van der Waals surface area contributed by atoms with Crippen LogP contribution < -0.4 is 10.2 Å². The van der Waals surface area contributed by atoms with Gasteiger partial charge in [-0.25, -0.2) is 0 Å². The van der Waals surface area contributed by atoms with E-state index in [9.17, 15) is 4.79 Å². The van der Waals surface area contributed by atoms with Gasteiger partial charge in [0, 0.05) is 51.2 Å². The predicted octanol–water partition coefficient (Wildman–Crippen LogP) is 0.515. The van der Waals surface area contributed by atoms with Gasteiger partial charge in [-0.2, -0.15) is 0 Å². The zero-order valence-corrected chi connectivity index (χ0v) is 13.9. The molecule has 0 bridgehead atoms. The van der Waals surface area contributed by atoms with E-state index in [1.54, 1.807) is 6.20 Å². The first-order chi connectivity index (χ1) is 10.6. The molecule has 0 unspecified atom stereocenters. The van der Waals surface area contributed by atoms with Gasteiger partial charge in [0.25, 0.3) is 5.91 Å². The summed E-state index contributed by atoms with van der Waals surface area (Å²) >= 11 is 0. The number of anilines is 1. The zero-order chi connectivity index (χ0) is 15.9. The molecule has 22 heavy (non-hydrogen) atoms. The lowest BCUT2D eigenvalue weighted by atomic mass is 10.2. The van der Waals surface area contributed by atoms with Crippen molar-refractivity contribution in [2.75, 3.05) is 64.8 Å². The number of nitrogens with one attached hydrogen (secondary N) is 1. The number of nitrogens with zero attached hydrogens (tertiary/aromatic N) is 4. The van der Waals surface area contributed by atoms with Gasteiger partial charge in [-0.1, -0.05) is 6.92 Å². The molecule has 1 fully saturated rings. The number of carbonyl (C=O) groups is 1. The third-order valence-corrected chi connectivity index (χ3v) is 4.01. The van der Waals surface area contributed by atoms with Crippen molar-refractivity contribution in [3.05, 3.63) is 24.0 Å². The Bertz CT molecular complexity index is 483. The van der Waals surface area contributed by atoms with Gasteiger partial charge in [-0.3, -0.25) is 9.78 Å². The lowest BCUT2D eigenvalue weighted by Gasteiger charge is -2.35. The van der Waals surface area contributed by atoms with E-state index in [-0.39, 0.29) is 5.91 Å². The summed E-state index contributed by atoms with van der Waals surface area (Å²) in [6, 6.07) is 3.88. The number of amides is 1. The van der Waals surface area contributed by atoms with Crippen LogP contribution in [0.2, 0.25) is 0 Å². The molecule has 1 aliphatic rings. The van der Waals surface area contributed by atoms with Gasteiger partial charge in [-0.05, 0) is 32.8 Å². The molecular formula is C16H27N5O. The summed E-state index contributed by atoms with van der Waals surface area (Å²) in [6.45, 7) is 8.89. The number of carbonyl (C=O) groups excluding carboxylic acids is 1. The predicted molar refractivity (Wildman–Crippen MR) is 89.5 cm³/mol. The second-order valence-electron chi connectivity index (χ2n) is 5.88. The smallest absolute Gasteiger partial charge is 0.269 e. The highest BCUT2D eigenvalue weighted by Gasteiger charge is 2.17. The Morgan fingerprint density at radius 2 is 2.05 bits per heavy atom. The van der Waals surface area contributed by atoms with Crippen LogP contribution >= 0.6 is 0 Å². The first-order valence-corrected chi connectivity index (χ1v) is 7.96. The molecule has 0 aromatic carbocycles. The van der Waals surface area contributed by atoms with E-state index in [0.29, 0.717) is 12.2 Å². The maximum absolute atomic E-state index is 12.1. The quantitative estimate of drug-likeness (QED) is 0.830. The van der Waals surface area contributed by atoms with Gasteiger partial charge in [0.15, 0.2) is 0 Å². The highest BCUT2D eigenvalue weighted by atomic mass is 16.1. The number of piperazine rings is 1. The van der Waals surface area contributed by atoms with E-state index in [1.807, 2.05) is 31.1 Å². The second kappa shape index (κ2) is 8.10. The summed E-state index contributed by atoms with van der Waals surface area (Å²) < 4.78 is 0. The molecule has 0 atom stereocenters. The normalized spacial score (nSPS) is 16.1. The number of hydrogen-bond acceptors (Lipinski definition) is 5. The second-order valence-corrected chi connectivity index (χ2v) is 5.88. The molecule has 1 aromatic rings. The van der Waals surface area contributed by atoms with Crippen molar-refractivity contribution >= 4 is 11.6 Å². The summed E-state index contributed by atoms with van der Waals surface area (Å²) in [7, 11) is 3.97. The Morgan fingerprint density at radius 3 is 2.68 bits per heavy atom. The van der Waals surface area contributed by atoms with Crippen LogP contribution in [0.5, 0.6) is 0 Å². The molecular weight excluding hydrogens is 278 g/mol. The van der Waals surface area contributed by atoms with Gasteiger partial charge in [0.2, 0.25) is 0 Å². The molecule has 2 rings (SSSR count). The van der Waals surface area contributed by atoms with Gasteiger partial charge in [0.05, 0.1) is 0 Å². The SMILES string of the molecule is CCN1CCN(c2ccnc(C(=O)NCCN(C)C)c2)CC1. The van der Waals surface area contributed by atoms with Crippen molar-refractivity contribution < 1.29 is 4.79 Å². The average molecular weight is 305 g/mol. The van der Waals surface area contributed by atoms with Gasteiger partial charge < -0.3 is 20.0 Å².